The fourth-order valence-electron chi connectivity index (χ4n) is 4.85. The van der Waals surface area contributed by atoms with Gasteiger partial charge in [0.25, 0.3) is 0 Å². The zero-order chi connectivity index (χ0) is 32.7. The van der Waals surface area contributed by atoms with Crippen molar-refractivity contribution in [3.05, 3.63) is 89.9 Å². The molecule has 3 rings (SSSR count). The molecule has 0 bridgehead atoms. The van der Waals surface area contributed by atoms with E-state index in [0.29, 0.717) is 32.1 Å². The van der Waals surface area contributed by atoms with Gasteiger partial charge in [-0.25, -0.2) is 14.8 Å². The molecule has 0 aliphatic carbocycles. The summed E-state index contributed by atoms with van der Waals surface area (Å²) in [5.74, 6) is 2.30. The molecule has 1 aromatic heterocycles. The second kappa shape index (κ2) is 18.1. The first kappa shape index (κ1) is 36.3. The number of carbonyl (C=O) groups is 1. The number of hydrogen-bond donors (Lipinski definition) is 0. The summed E-state index contributed by atoms with van der Waals surface area (Å²) in [5, 5.41) is 0. The summed E-state index contributed by atoms with van der Waals surface area (Å²) in [6.45, 7) is 22.7. The zero-order valence-electron chi connectivity index (χ0n) is 28.5. The maximum absolute atomic E-state index is 12.5. The van der Waals surface area contributed by atoms with E-state index in [9.17, 15) is 4.79 Å². The van der Waals surface area contributed by atoms with Crippen molar-refractivity contribution in [1.29, 1.82) is 0 Å². The molecule has 1 fully saturated rings. The van der Waals surface area contributed by atoms with Gasteiger partial charge in [0.15, 0.2) is 0 Å². The van der Waals surface area contributed by atoms with Gasteiger partial charge in [0.2, 0.25) is 0 Å². The van der Waals surface area contributed by atoms with Crippen LogP contribution in [0.4, 0.5) is 10.6 Å². The summed E-state index contributed by atoms with van der Waals surface area (Å²) in [7, 11) is 1.70. The number of piperazine rings is 1. The largest absolute Gasteiger partial charge is 0.497 e. The molecule has 44 heavy (non-hydrogen) atoms. The van der Waals surface area contributed by atoms with Crippen LogP contribution >= 0.6 is 0 Å². The quantitative estimate of drug-likeness (QED) is 0.254. The molecule has 1 atom stereocenters. The number of rotatable bonds is 10. The lowest BCUT2D eigenvalue weighted by Crippen LogP contribution is -2.50. The number of carbonyl (C=O) groups excluding carboxylic acids is 1. The van der Waals surface area contributed by atoms with Gasteiger partial charge in [-0.15, -0.1) is 0 Å². The highest BCUT2D eigenvalue weighted by Gasteiger charge is 2.28. The van der Waals surface area contributed by atoms with Gasteiger partial charge in [0.1, 0.15) is 23.5 Å². The molecule has 1 aliphatic rings. The molecule has 240 valence electrons. The van der Waals surface area contributed by atoms with E-state index in [1.165, 1.54) is 12.0 Å². The average Bonchev–Trinajstić information content (AvgIpc) is 3.00. The Hall–Kier alpha value is -3.87. The summed E-state index contributed by atoms with van der Waals surface area (Å²) in [6, 6.07) is 8.22. The number of methoxy groups -OCH3 is 1. The summed E-state index contributed by atoms with van der Waals surface area (Å²) in [6.07, 6.45) is 15.0. The van der Waals surface area contributed by atoms with Gasteiger partial charge in [-0.1, -0.05) is 82.7 Å². The van der Waals surface area contributed by atoms with Gasteiger partial charge in [-0.3, -0.25) is 0 Å². The lowest BCUT2D eigenvalue weighted by Gasteiger charge is -2.37. The summed E-state index contributed by atoms with van der Waals surface area (Å²) in [5.41, 5.74) is 5.07. The highest BCUT2D eigenvalue weighted by atomic mass is 16.6. The van der Waals surface area contributed by atoms with Crippen LogP contribution in [0.5, 0.6) is 5.75 Å². The van der Waals surface area contributed by atoms with Crippen LogP contribution in [0.3, 0.4) is 0 Å². The Morgan fingerprint density at radius 1 is 1.14 bits per heavy atom. The predicted octanol–water partition coefficient (Wildman–Crippen LogP) is 8.61. The van der Waals surface area contributed by atoms with Crippen LogP contribution in [0.2, 0.25) is 0 Å². The number of nitrogens with zero attached hydrogens (tertiary/aromatic N) is 4. The van der Waals surface area contributed by atoms with E-state index in [-0.39, 0.29) is 6.09 Å². The number of amides is 1. The van der Waals surface area contributed by atoms with Crippen molar-refractivity contribution in [2.24, 2.45) is 5.92 Å². The summed E-state index contributed by atoms with van der Waals surface area (Å²) >= 11 is 0. The van der Waals surface area contributed by atoms with Crippen molar-refractivity contribution in [2.45, 2.75) is 80.3 Å². The van der Waals surface area contributed by atoms with Crippen LogP contribution in [0.15, 0.2) is 73.1 Å². The van der Waals surface area contributed by atoms with Crippen molar-refractivity contribution in [3.63, 3.8) is 0 Å². The average molecular weight is 603 g/mol. The van der Waals surface area contributed by atoms with Crippen molar-refractivity contribution in [3.8, 4) is 5.75 Å². The van der Waals surface area contributed by atoms with Crippen LogP contribution in [0.1, 0.15) is 78.1 Å². The third kappa shape index (κ3) is 11.3. The minimum Gasteiger partial charge on any atom is -0.497 e. The monoisotopic (exact) mass is 602 g/mol. The molecule has 0 N–H and O–H groups in total. The predicted molar refractivity (Wildman–Crippen MR) is 184 cm³/mol. The molecule has 7 nitrogen and oxygen atoms in total. The third-order valence-electron chi connectivity index (χ3n) is 7.31. The molecule has 0 spiro atoms. The van der Waals surface area contributed by atoms with E-state index in [4.69, 9.17) is 14.5 Å². The highest BCUT2D eigenvalue weighted by molar-refractivity contribution is 5.88. The van der Waals surface area contributed by atoms with E-state index in [1.807, 2.05) is 45.9 Å². The van der Waals surface area contributed by atoms with Crippen molar-refractivity contribution >= 4 is 17.5 Å². The maximum atomic E-state index is 12.5. The topological polar surface area (TPSA) is 67.8 Å². The molecular formula is C37H54N4O3. The fourth-order valence-corrected chi connectivity index (χ4v) is 4.85. The molecule has 2 heterocycles. The Morgan fingerprint density at radius 3 is 2.41 bits per heavy atom. The molecule has 0 radical (unpaired) electrons. The first-order valence-corrected chi connectivity index (χ1v) is 15.8. The van der Waals surface area contributed by atoms with E-state index < -0.39 is 5.60 Å². The van der Waals surface area contributed by atoms with Gasteiger partial charge in [0.05, 0.1) is 12.8 Å². The Kier molecular flexibility index (Phi) is 14.9. The van der Waals surface area contributed by atoms with Crippen molar-refractivity contribution < 1.29 is 14.3 Å². The number of aryl methyl sites for hydroxylation is 2. The number of ether oxygens (including phenoxy) is 2. The number of aromatic nitrogens is 2. The van der Waals surface area contributed by atoms with E-state index in [0.717, 1.165) is 46.8 Å². The van der Waals surface area contributed by atoms with Crippen molar-refractivity contribution in [1.82, 2.24) is 14.9 Å². The van der Waals surface area contributed by atoms with Crippen LogP contribution in [-0.2, 0) is 11.2 Å². The smallest absolute Gasteiger partial charge is 0.410 e. The lowest BCUT2D eigenvalue weighted by atomic mass is 9.92. The number of hydrogen-bond acceptors (Lipinski definition) is 6. The Balaban J connectivity index is 0.000000514. The van der Waals surface area contributed by atoms with Gasteiger partial charge >= 0.3 is 6.09 Å². The fraction of sp³-hybridized carbons (Fsp3) is 0.486. The second-order valence-corrected chi connectivity index (χ2v) is 12.0. The molecule has 7 heteroatoms. The van der Waals surface area contributed by atoms with Crippen LogP contribution in [0.25, 0.3) is 5.57 Å². The highest BCUT2D eigenvalue weighted by Crippen LogP contribution is 2.34. The minimum absolute atomic E-state index is 0.260. The first-order chi connectivity index (χ1) is 21.0. The summed E-state index contributed by atoms with van der Waals surface area (Å²) < 4.78 is 10.6. The summed E-state index contributed by atoms with van der Waals surface area (Å²) in [4.78, 5) is 25.7. The number of allylic oxidation sites excluding steroid dienone is 7. The van der Waals surface area contributed by atoms with Crippen LogP contribution < -0.4 is 9.64 Å². The Morgan fingerprint density at radius 2 is 1.84 bits per heavy atom. The van der Waals surface area contributed by atoms with Crippen LogP contribution in [-0.4, -0.2) is 59.9 Å². The third-order valence-corrected chi connectivity index (χ3v) is 7.31. The normalized spacial score (nSPS) is 15.0. The van der Waals surface area contributed by atoms with E-state index >= 15 is 0 Å². The van der Waals surface area contributed by atoms with Crippen LogP contribution in [0, 0.1) is 12.8 Å². The number of anilines is 1. The molecule has 2 aromatic rings. The Labute approximate surface area is 266 Å². The SMILES string of the molecule is C=C\C=C/C(=C\C(C)CC)C(=C/C)/c1c(C)ncnc1N1CCN(C(=O)OC(C)(C)C)CC1.CCCc1cccc(OC)c1. The molecular weight excluding hydrogens is 548 g/mol. The number of benzene rings is 1. The molecule has 1 saturated heterocycles. The Bertz CT molecular complexity index is 1300. The van der Waals surface area contributed by atoms with Gasteiger partial charge in [-0.05, 0) is 75.8 Å². The van der Waals surface area contributed by atoms with E-state index in [2.05, 4.69) is 74.5 Å². The molecule has 1 aliphatic heterocycles. The molecule has 1 amide bonds. The van der Waals surface area contributed by atoms with Gasteiger partial charge in [-0.2, -0.15) is 0 Å². The van der Waals surface area contributed by atoms with Crippen molar-refractivity contribution in [2.75, 3.05) is 38.2 Å². The minimum atomic E-state index is -0.497. The van der Waals surface area contributed by atoms with E-state index in [1.54, 1.807) is 24.4 Å². The molecule has 1 aromatic carbocycles. The first-order valence-electron chi connectivity index (χ1n) is 15.8. The standard InChI is InChI=1S/C27H40N4O2.C10H14O/c1-9-12-13-22(18-20(4)10-2)23(11-3)24-21(5)28-19-29-25(24)30-14-16-31(17-15-30)26(32)33-27(6,7)8;1-3-5-9-6-4-7-10(8-9)11-2/h9,11-13,18-20H,1,10,14-17H2,2-8H3;4,6-8H,3,5H2,1-2H3/b13-12-,22-18+,23-11-;. The lowest BCUT2D eigenvalue weighted by molar-refractivity contribution is 0.0240. The zero-order valence-corrected chi connectivity index (χ0v) is 28.5. The molecule has 1 unspecified atom stereocenters. The molecule has 0 saturated carbocycles. The maximum Gasteiger partial charge on any atom is 0.410 e. The van der Waals surface area contributed by atoms with Gasteiger partial charge in [0, 0.05) is 31.7 Å². The second-order valence-electron chi connectivity index (χ2n) is 12.0. The van der Waals surface area contributed by atoms with Gasteiger partial charge < -0.3 is 19.3 Å².